The summed E-state index contributed by atoms with van der Waals surface area (Å²) in [6.07, 6.45) is 2.82. The van der Waals surface area contributed by atoms with Crippen LogP contribution < -0.4 is 0 Å². The van der Waals surface area contributed by atoms with Crippen LogP contribution in [0.1, 0.15) is 32.3 Å². The Bertz CT molecular complexity index is 439. The van der Waals surface area contributed by atoms with Crippen LogP contribution in [0.4, 0.5) is 0 Å². The molecule has 1 heterocycles. The van der Waals surface area contributed by atoms with E-state index < -0.39 is 0 Å². The zero-order valence-corrected chi connectivity index (χ0v) is 11.1. The number of carbonyl (C=O) groups is 1. The summed E-state index contributed by atoms with van der Waals surface area (Å²) in [5.41, 5.74) is 2.33. The molecule has 1 amide bonds. The van der Waals surface area contributed by atoms with Crippen molar-refractivity contribution in [1.29, 1.82) is 0 Å². The van der Waals surface area contributed by atoms with Gasteiger partial charge in [-0.25, -0.2) is 5.01 Å². The van der Waals surface area contributed by atoms with Crippen molar-refractivity contribution < 1.29 is 4.79 Å². The highest BCUT2D eigenvalue weighted by atomic mass is 16.2. The second-order valence-corrected chi connectivity index (χ2v) is 4.72. The van der Waals surface area contributed by atoms with Crippen LogP contribution in [-0.4, -0.2) is 23.2 Å². The number of carbonyl (C=O) groups excluding carboxylic acids is 1. The summed E-state index contributed by atoms with van der Waals surface area (Å²) in [6.45, 7) is 4.72. The molecule has 1 unspecified atom stereocenters. The molecule has 0 fully saturated rings. The van der Waals surface area contributed by atoms with Crippen LogP contribution in [0.3, 0.4) is 0 Å². The van der Waals surface area contributed by atoms with E-state index in [4.69, 9.17) is 0 Å². The molecule has 0 saturated carbocycles. The molecule has 2 rings (SSSR count). The van der Waals surface area contributed by atoms with E-state index in [2.05, 4.69) is 24.2 Å². The summed E-state index contributed by atoms with van der Waals surface area (Å²) in [4.78, 5) is 11.9. The van der Waals surface area contributed by atoms with Gasteiger partial charge in [0.05, 0.1) is 11.6 Å². The van der Waals surface area contributed by atoms with Crippen LogP contribution in [0.25, 0.3) is 0 Å². The van der Waals surface area contributed by atoms with E-state index >= 15 is 0 Å². The first-order valence-electron chi connectivity index (χ1n) is 6.65. The number of amides is 1. The SMILES string of the molecule is CCC1=NN(CCCc2ccccc2)C(=O)C1C. The van der Waals surface area contributed by atoms with Gasteiger partial charge in [0.15, 0.2) is 0 Å². The van der Waals surface area contributed by atoms with Crippen LogP contribution >= 0.6 is 0 Å². The minimum absolute atomic E-state index is 0.0216. The van der Waals surface area contributed by atoms with Crippen LogP contribution in [-0.2, 0) is 11.2 Å². The fourth-order valence-corrected chi connectivity index (χ4v) is 2.27. The number of hydrogen-bond donors (Lipinski definition) is 0. The van der Waals surface area contributed by atoms with Crippen LogP contribution in [0.15, 0.2) is 35.4 Å². The molecule has 1 aliphatic rings. The number of nitrogens with zero attached hydrogens (tertiary/aromatic N) is 2. The quantitative estimate of drug-likeness (QED) is 0.784. The third kappa shape index (κ3) is 2.78. The van der Waals surface area contributed by atoms with Crippen molar-refractivity contribution in [2.24, 2.45) is 11.0 Å². The van der Waals surface area contributed by atoms with E-state index in [-0.39, 0.29) is 11.8 Å². The molecule has 1 atom stereocenters. The molecular formula is C15H20N2O. The third-order valence-electron chi connectivity index (χ3n) is 3.41. The predicted octanol–water partition coefficient (Wildman–Crippen LogP) is 2.86. The van der Waals surface area contributed by atoms with Crippen molar-refractivity contribution in [3.63, 3.8) is 0 Å². The lowest BCUT2D eigenvalue weighted by atomic mass is 10.0. The highest BCUT2D eigenvalue weighted by Gasteiger charge is 2.30. The average Bonchev–Trinajstić information content (AvgIpc) is 2.68. The summed E-state index contributed by atoms with van der Waals surface area (Å²) >= 11 is 0. The zero-order valence-electron chi connectivity index (χ0n) is 11.1. The van der Waals surface area contributed by atoms with Crippen molar-refractivity contribution in [3.8, 4) is 0 Å². The van der Waals surface area contributed by atoms with Gasteiger partial charge in [0.1, 0.15) is 0 Å². The van der Waals surface area contributed by atoms with Gasteiger partial charge >= 0.3 is 0 Å². The molecule has 0 saturated heterocycles. The summed E-state index contributed by atoms with van der Waals surface area (Å²) in [6, 6.07) is 10.4. The Morgan fingerprint density at radius 3 is 2.61 bits per heavy atom. The molecule has 0 radical (unpaired) electrons. The van der Waals surface area contributed by atoms with E-state index in [0.29, 0.717) is 0 Å². The summed E-state index contributed by atoms with van der Waals surface area (Å²) in [5.74, 6) is 0.131. The summed E-state index contributed by atoms with van der Waals surface area (Å²) in [7, 11) is 0. The molecule has 0 N–H and O–H groups in total. The second-order valence-electron chi connectivity index (χ2n) is 4.72. The van der Waals surface area contributed by atoms with Crippen molar-refractivity contribution in [2.75, 3.05) is 6.54 Å². The van der Waals surface area contributed by atoms with Gasteiger partial charge in [0, 0.05) is 6.54 Å². The molecule has 0 spiro atoms. The fraction of sp³-hybridized carbons (Fsp3) is 0.467. The standard InChI is InChI=1S/C15H20N2O/c1-3-14-12(2)15(18)17(16-14)11-7-10-13-8-5-4-6-9-13/h4-6,8-9,12H,3,7,10-11H2,1-2H3. The lowest BCUT2D eigenvalue weighted by Crippen LogP contribution is -2.26. The largest absolute Gasteiger partial charge is 0.272 e. The first-order valence-corrected chi connectivity index (χ1v) is 6.65. The summed E-state index contributed by atoms with van der Waals surface area (Å²) < 4.78 is 0. The molecule has 0 bridgehead atoms. The first-order chi connectivity index (χ1) is 8.72. The fourth-order valence-electron chi connectivity index (χ4n) is 2.27. The van der Waals surface area contributed by atoms with Gasteiger partial charge in [-0.15, -0.1) is 0 Å². The Morgan fingerprint density at radius 1 is 1.28 bits per heavy atom. The van der Waals surface area contributed by atoms with Crippen molar-refractivity contribution >= 4 is 11.6 Å². The molecule has 1 aromatic carbocycles. The topological polar surface area (TPSA) is 32.7 Å². The number of rotatable bonds is 5. The van der Waals surface area contributed by atoms with Gasteiger partial charge in [-0.1, -0.05) is 37.3 Å². The Hall–Kier alpha value is -1.64. The lowest BCUT2D eigenvalue weighted by molar-refractivity contribution is -0.131. The van der Waals surface area contributed by atoms with Crippen molar-refractivity contribution in [1.82, 2.24) is 5.01 Å². The van der Waals surface area contributed by atoms with Gasteiger partial charge in [0.2, 0.25) is 0 Å². The molecule has 18 heavy (non-hydrogen) atoms. The molecule has 1 aromatic rings. The lowest BCUT2D eigenvalue weighted by Gasteiger charge is -2.12. The Morgan fingerprint density at radius 2 is 2.00 bits per heavy atom. The maximum absolute atomic E-state index is 11.9. The van der Waals surface area contributed by atoms with Crippen LogP contribution in [0, 0.1) is 5.92 Å². The van der Waals surface area contributed by atoms with E-state index in [1.54, 1.807) is 5.01 Å². The zero-order chi connectivity index (χ0) is 13.0. The van der Waals surface area contributed by atoms with Crippen molar-refractivity contribution in [2.45, 2.75) is 33.1 Å². The molecule has 3 heteroatoms. The van der Waals surface area contributed by atoms with Gasteiger partial charge in [-0.3, -0.25) is 4.79 Å². The van der Waals surface area contributed by atoms with Crippen molar-refractivity contribution in [3.05, 3.63) is 35.9 Å². The van der Waals surface area contributed by atoms with Gasteiger partial charge in [-0.2, -0.15) is 5.10 Å². The normalized spacial score (nSPS) is 19.2. The maximum Gasteiger partial charge on any atom is 0.251 e. The number of aryl methyl sites for hydroxylation is 1. The third-order valence-corrected chi connectivity index (χ3v) is 3.41. The summed E-state index contributed by atoms with van der Waals surface area (Å²) in [5, 5.41) is 6.05. The molecular weight excluding hydrogens is 224 g/mol. The smallest absolute Gasteiger partial charge is 0.251 e. The molecule has 0 aliphatic carbocycles. The monoisotopic (exact) mass is 244 g/mol. The molecule has 3 nitrogen and oxygen atoms in total. The Kier molecular flexibility index (Phi) is 4.13. The van der Waals surface area contributed by atoms with E-state index in [0.717, 1.165) is 31.5 Å². The highest BCUT2D eigenvalue weighted by molar-refractivity contribution is 6.07. The van der Waals surface area contributed by atoms with Gasteiger partial charge in [0.25, 0.3) is 5.91 Å². The Labute approximate surface area is 108 Å². The Balaban J connectivity index is 1.84. The van der Waals surface area contributed by atoms with Crippen LogP contribution in [0.2, 0.25) is 0 Å². The van der Waals surface area contributed by atoms with Gasteiger partial charge < -0.3 is 0 Å². The van der Waals surface area contributed by atoms with Gasteiger partial charge in [-0.05, 0) is 31.7 Å². The van der Waals surface area contributed by atoms with E-state index in [9.17, 15) is 4.79 Å². The highest BCUT2D eigenvalue weighted by Crippen LogP contribution is 2.17. The molecule has 0 aromatic heterocycles. The number of hydrazone groups is 1. The molecule has 96 valence electrons. The minimum atomic E-state index is -0.0216. The number of hydrogen-bond acceptors (Lipinski definition) is 2. The van der Waals surface area contributed by atoms with Crippen LogP contribution in [0.5, 0.6) is 0 Å². The maximum atomic E-state index is 11.9. The minimum Gasteiger partial charge on any atom is -0.272 e. The predicted molar refractivity (Wildman–Crippen MR) is 73.4 cm³/mol. The average molecular weight is 244 g/mol. The second kappa shape index (κ2) is 5.80. The van der Waals surface area contributed by atoms with E-state index in [1.165, 1.54) is 5.56 Å². The van der Waals surface area contributed by atoms with E-state index in [1.807, 2.05) is 25.1 Å². The first kappa shape index (κ1) is 12.8. The molecule has 1 aliphatic heterocycles. The number of benzene rings is 1.